The van der Waals surface area contributed by atoms with Gasteiger partial charge in [0, 0.05) is 12.6 Å². The van der Waals surface area contributed by atoms with Crippen molar-refractivity contribution in [2.24, 2.45) is 0 Å². The van der Waals surface area contributed by atoms with Crippen LogP contribution in [0.5, 0.6) is 17.2 Å². The fraction of sp³-hybridized carbons (Fsp3) is 0.214. The Hall–Kier alpha value is -4.26. The van der Waals surface area contributed by atoms with Crippen LogP contribution in [0.4, 0.5) is 0 Å². The Morgan fingerprint density at radius 3 is 2.29 bits per heavy atom. The lowest BCUT2D eigenvalue weighted by molar-refractivity contribution is -0.150. The van der Waals surface area contributed by atoms with Crippen LogP contribution in [-0.2, 0) is 27.5 Å². The van der Waals surface area contributed by atoms with Crippen LogP contribution in [0.1, 0.15) is 23.6 Å². The molecular formula is C28H29NO6. The van der Waals surface area contributed by atoms with Gasteiger partial charge in [-0.2, -0.15) is 0 Å². The van der Waals surface area contributed by atoms with Gasteiger partial charge >= 0.3 is 5.97 Å². The third kappa shape index (κ3) is 7.92. The van der Waals surface area contributed by atoms with Gasteiger partial charge in [-0.05, 0) is 54.0 Å². The molecule has 3 aromatic carbocycles. The number of carbonyl (C=O) groups excluding carboxylic acids is 2. The smallest absolute Gasteiger partial charge is 0.331 e. The van der Waals surface area contributed by atoms with E-state index < -0.39 is 18.0 Å². The highest BCUT2D eigenvalue weighted by molar-refractivity contribution is 5.90. The highest BCUT2D eigenvalue weighted by Crippen LogP contribution is 2.27. The molecule has 0 fully saturated rings. The van der Waals surface area contributed by atoms with Crippen LogP contribution in [0.2, 0.25) is 0 Å². The van der Waals surface area contributed by atoms with Crippen LogP contribution < -0.4 is 19.5 Å². The van der Waals surface area contributed by atoms with Crippen molar-refractivity contribution in [1.29, 1.82) is 0 Å². The Morgan fingerprint density at radius 1 is 0.886 bits per heavy atom. The molecule has 3 rings (SSSR count). The van der Waals surface area contributed by atoms with E-state index >= 15 is 0 Å². The van der Waals surface area contributed by atoms with E-state index in [4.69, 9.17) is 18.9 Å². The fourth-order valence-electron chi connectivity index (χ4n) is 3.17. The van der Waals surface area contributed by atoms with Crippen molar-refractivity contribution >= 4 is 18.0 Å². The van der Waals surface area contributed by atoms with Gasteiger partial charge in [0.1, 0.15) is 12.4 Å². The summed E-state index contributed by atoms with van der Waals surface area (Å²) in [6, 6.07) is 22.6. The number of rotatable bonds is 11. The molecule has 7 nitrogen and oxygen atoms in total. The number of hydrogen-bond donors (Lipinski definition) is 1. The van der Waals surface area contributed by atoms with Crippen LogP contribution in [0.25, 0.3) is 6.08 Å². The number of amides is 1. The molecule has 0 heterocycles. The maximum atomic E-state index is 12.3. The minimum Gasteiger partial charge on any atom is -0.493 e. The van der Waals surface area contributed by atoms with Crippen LogP contribution in [0.15, 0.2) is 78.9 Å². The molecule has 1 amide bonds. The summed E-state index contributed by atoms with van der Waals surface area (Å²) >= 11 is 0. The summed E-state index contributed by atoms with van der Waals surface area (Å²) in [4.78, 5) is 24.5. The Balaban J connectivity index is 1.44. The molecule has 0 saturated heterocycles. The summed E-state index contributed by atoms with van der Waals surface area (Å²) in [7, 11) is 3.10. The molecule has 1 N–H and O–H groups in total. The van der Waals surface area contributed by atoms with Crippen molar-refractivity contribution in [2.45, 2.75) is 26.2 Å². The quantitative estimate of drug-likeness (QED) is 0.324. The molecule has 182 valence electrons. The van der Waals surface area contributed by atoms with Crippen molar-refractivity contribution in [3.63, 3.8) is 0 Å². The van der Waals surface area contributed by atoms with Gasteiger partial charge in [0.25, 0.3) is 5.91 Å². The zero-order valence-corrected chi connectivity index (χ0v) is 20.0. The summed E-state index contributed by atoms with van der Waals surface area (Å²) in [5.74, 6) is 0.892. The first-order valence-corrected chi connectivity index (χ1v) is 11.1. The summed E-state index contributed by atoms with van der Waals surface area (Å²) in [6.07, 6.45) is 1.97. The van der Waals surface area contributed by atoms with Crippen molar-refractivity contribution in [2.75, 3.05) is 14.2 Å². The average molecular weight is 476 g/mol. The Morgan fingerprint density at radius 2 is 1.60 bits per heavy atom. The molecule has 3 aromatic rings. The Labute approximate surface area is 205 Å². The minimum absolute atomic E-state index is 0.260. The highest BCUT2D eigenvalue weighted by atomic mass is 16.5. The summed E-state index contributed by atoms with van der Waals surface area (Å²) < 4.78 is 21.4. The molecule has 0 aliphatic rings. The molecule has 0 aliphatic carbocycles. The molecule has 0 spiro atoms. The third-order valence-corrected chi connectivity index (χ3v) is 5.12. The van der Waals surface area contributed by atoms with Gasteiger partial charge in [-0.3, -0.25) is 4.79 Å². The van der Waals surface area contributed by atoms with Crippen LogP contribution in [0.3, 0.4) is 0 Å². The number of ether oxygens (including phenoxy) is 4. The number of hydrogen-bond acceptors (Lipinski definition) is 6. The first-order valence-electron chi connectivity index (χ1n) is 11.1. The topological polar surface area (TPSA) is 83.1 Å². The molecule has 35 heavy (non-hydrogen) atoms. The van der Waals surface area contributed by atoms with Gasteiger partial charge in [-0.1, -0.05) is 48.5 Å². The van der Waals surface area contributed by atoms with Crippen LogP contribution in [-0.4, -0.2) is 32.2 Å². The monoisotopic (exact) mass is 475 g/mol. The van der Waals surface area contributed by atoms with E-state index in [1.807, 2.05) is 60.7 Å². The van der Waals surface area contributed by atoms with E-state index in [2.05, 4.69) is 5.32 Å². The Kier molecular flexibility index (Phi) is 9.31. The van der Waals surface area contributed by atoms with Gasteiger partial charge in [-0.25, -0.2) is 4.79 Å². The van der Waals surface area contributed by atoms with E-state index in [9.17, 15) is 9.59 Å². The molecule has 7 heteroatoms. The zero-order chi connectivity index (χ0) is 25.0. The third-order valence-electron chi connectivity index (χ3n) is 5.12. The number of methoxy groups -OCH3 is 2. The normalized spacial score (nSPS) is 11.5. The van der Waals surface area contributed by atoms with E-state index in [0.717, 1.165) is 22.4 Å². The van der Waals surface area contributed by atoms with E-state index in [0.29, 0.717) is 18.1 Å². The van der Waals surface area contributed by atoms with Gasteiger partial charge < -0.3 is 24.3 Å². The SMILES string of the molecule is COc1ccc(CNC(=O)C(C)OC(=O)/C=C/c2ccc(OCc3ccccc3)cc2)cc1OC. The fourth-order valence-corrected chi connectivity index (χ4v) is 3.17. The van der Waals surface area contributed by atoms with E-state index in [-0.39, 0.29) is 6.54 Å². The lowest BCUT2D eigenvalue weighted by Crippen LogP contribution is -2.35. The maximum Gasteiger partial charge on any atom is 0.331 e. The summed E-state index contributed by atoms with van der Waals surface area (Å²) in [5.41, 5.74) is 2.71. The first-order chi connectivity index (χ1) is 17.0. The van der Waals surface area contributed by atoms with Crippen molar-refractivity contribution in [3.8, 4) is 17.2 Å². The largest absolute Gasteiger partial charge is 0.493 e. The molecule has 0 radical (unpaired) electrons. The minimum atomic E-state index is -0.943. The maximum absolute atomic E-state index is 12.3. The van der Waals surface area contributed by atoms with E-state index in [1.165, 1.54) is 13.0 Å². The predicted octanol–water partition coefficient (Wildman–Crippen LogP) is 4.54. The lowest BCUT2D eigenvalue weighted by Gasteiger charge is -2.13. The number of esters is 1. The van der Waals surface area contributed by atoms with Crippen LogP contribution in [0, 0.1) is 0 Å². The van der Waals surface area contributed by atoms with Gasteiger partial charge in [0.2, 0.25) is 0 Å². The summed E-state index contributed by atoms with van der Waals surface area (Å²) in [5, 5.41) is 2.75. The van der Waals surface area contributed by atoms with E-state index in [1.54, 1.807) is 32.4 Å². The molecular weight excluding hydrogens is 446 g/mol. The lowest BCUT2D eigenvalue weighted by atomic mass is 10.2. The molecule has 0 bridgehead atoms. The molecule has 1 unspecified atom stereocenters. The van der Waals surface area contributed by atoms with Crippen molar-refractivity contribution in [1.82, 2.24) is 5.32 Å². The van der Waals surface area contributed by atoms with Gasteiger partial charge in [0.05, 0.1) is 14.2 Å². The van der Waals surface area contributed by atoms with Crippen molar-refractivity contribution < 1.29 is 28.5 Å². The van der Waals surface area contributed by atoms with Gasteiger partial charge in [-0.15, -0.1) is 0 Å². The number of benzene rings is 3. The highest BCUT2D eigenvalue weighted by Gasteiger charge is 2.16. The van der Waals surface area contributed by atoms with Crippen LogP contribution >= 0.6 is 0 Å². The second-order valence-electron chi connectivity index (χ2n) is 7.66. The molecule has 1 atom stereocenters. The predicted molar refractivity (Wildman–Crippen MR) is 133 cm³/mol. The second-order valence-corrected chi connectivity index (χ2v) is 7.66. The second kappa shape index (κ2) is 12.8. The zero-order valence-electron chi connectivity index (χ0n) is 20.0. The molecule has 0 saturated carbocycles. The molecule has 0 aromatic heterocycles. The summed E-state index contributed by atoms with van der Waals surface area (Å²) in [6.45, 7) is 2.26. The number of carbonyl (C=O) groups is 2. The van der Waals surface area contributed by atoms with Crippen molar-refractivity contribution in [3.05, 3.63) is 95.6 Å². The standard InChI is InChI=1S/C28H29NO6/c1-20(28(31)29-18-23-11-15-25(32-2)26(17-23)33-3)35-27(30)16-12-21-9-13-24(14-10-21)34-19-22-7-5-4-6-8-22/h4-17,20H,18-19H2,1-3H3,(H,29,31)/b16-12+. The average Bonchev–Trinajstić information content (AvgIpc) is 2.90. The molecule has 0 aliphatic heterocycles. The van der Waals surface area contributed by atoms with Gasteiger partial charge in [0.15, 0.2) is 17.6 Å². The Bertz CT molecular complexity index is 1140. The number of nitrogens with one attached hydrogen (secondary N) is 1. The first kappa shape index (κ1) is 25.4.